The van der Waals surface area contributed by atoms with Crippen LogP contribution in [0.1, 0.15) is 76.8 Å². The van der Waals surface area contributed by atoms with Gasteiger partial charge in [-0.3, -0.25) is 4.98 Å². The van der Waals surface area contributed by atoms with Crippen LogP contribution in [0.15, 0.2) is 18.3 Å². The SMILES string of the molecule is CCCCCCCCCCCCOc1cccnc1CO. The average molecular weight is 293 g/mol. The Morgan fingerprint density at radius 2 is 1.57 bits per heavy atom. The van der Waals surface area contributed by atoms with Crippen molar-refractivity contribution in [3.63, 3.8) is 0 Å². The van der Waals surface area contributed by atoms with Gasteiger partial charge in [0.15, 0.2) is 0 Å². The first-order valence-electron chi connectivity index (χ1n) is 8.56. The summed E-state index contributed by atoms with van der Waals surface area (Å²) in [6, 6.07) is 3.71. The van der Waals surface area contributed by atoms with E-state index in [0.29, 0.717) is 5.69 Å². The molecule has 1 N–H and O–H groups in total. The number of aliphatic hydroxyl groups excluding tert-OH is 1. The number of rotatable bonds is 13. The summed E-state index contributed by atoms with van der Waals surface area (Å²) < 4.78 is 5.68. The van der Waals surface area contributed by atoms with Crippen molar-refractivity contribution >= 4 is 0 Å². The lowest BCUT2D eigenvalue weighted by atomic mass is 10.1. The van der Waals surface area contributed by atoms with Crippen LogP contribution >= 0.6 is 0 Å². The van der Waals surface area contributed by atoms with Crippen molar-refractivity contribution in [3.8, 4) is 5.75 Å². The van der Waals surface area contributed by atoms with Crippen LogP contribution in [0.4, 0.5) is 0 Å². The van der Waals surface area contributed by atoms with Gasteiger partial charge in [-0.1, -0.05) is 64.7 Å². The van der Waals surface area contributed by atoms with E-state index in [1.165, 1.54) is 57.8 Å². The van der Waals surface area contributed by atoms with Gasteiger partial charge in [0.05, 0.1) is 13.2 Å². The number of hydrogen-bond acceptors (Lipinski definition) is 3. The summed E-state index contributed by atoms with van der Waals surface area (Å²) in [5.74, 6) is 0.718. The number of unbranched alkanes of at least 4 members (excludes halogenated alkanes) is 9. The number of aliphatic hydroxyl groups is 1. The van der Waals surface area contributed by atoms with Crippen LogP contribution in [0.5, 0.6) is 5.75 Å². The fourth-order valence-electron chi connectivity index (χ4n) is 2.45. The Kier molecular flexibility index (Phi) is 10.8. The number of aromatic nitrogens is 1. The standard InChI is InChI=1S/C18H31NO2/c1-2-3-4-5-6-7-8-9-10-11-15-21-18-13-12-14-19-17(18)16-20/h12-14,20H,2-11,15-16H2,1H3. The molecule has 120 valence electrons. The zero-order valence-electron chi connectivity index (χ0n) is 13.5. The molecule has 0 fully saturated rings. The van der Waals surface area contributed by atoms with Crippen LogP contribution < -0.4 is 4.74 Å². The topological polar surface area (TPSA) is 42.4 Å². The molecule has 0 amide bonds. The normalized spacial score (nSPS) is 10.8. The molecule has 1 rings (SSSR count). The molecular weight excluding hydrogens is 262 g/mol. The van der Waals surface area contributed by atoms with Crippen LogP contribution in [-0.4, -0.2) is 16.7 Å². The number of nitrogens with zero attached hydrogens (tertiary/aromatic N) is 1. The summed E-state index contributed by atoms with van der Waals surface area (Å²) in [4.78, 5) is 4.09. The molecule has 1 aromatic rings. The molecule has 0 saturated carbocycles. The minimum absolute atomic E-state index is 0.0613. The molecule has 1 aromatic heterocycles. The molecule has 0 aliphatic carbocycles. The van der Waals surface area contributed by atoms with E-state index in [4.69, 9.17) is 9.84 Å². The summed E-state index contributed by atoms with van der Waals surface area (Å²) in [6.45, 7) is 2.92. The third kappa shape index (κ3) is 8.71. The van der Waals surface area contributed by atoms with E-state index in [1.54, 1.807) is 6.20 Å². The summed E-state index contributed by atoms with van der Waals surface area (Å²) in [5, 5.41) is 9.15. The van der Waals surface area contributed by atoms with E-state index in [-0.39, 0.29) is 6.61 Å². The first kappa shape index (κ1) is 18.0. The Morgan fingerprint density at radius 1 is 0.952 bits per heavy atom. The predicted octanol–water partition coefficient (Wildman–Crippen LogP) is 4.87. The van der Waals surface area contributed by atoms with Crippen LogP contribution in [0.25, 0.3) is 0 Å². The van der Waals surface area contributed by atoms with Gasteiger partial charge in [-0.05, 0) is 18.6 Å². The highest BCUT2D eigenvalue weighted by Crippen LogP contribution is 2.16. The van der Waals surface area contributed by atoms with Gasteiger partial charge in [-0.15, -0.1) is 0 Å². The molecule has 0 aliphatic heterocycles. The molecule has 0 atom stereocenters. The summed E-state index contributed by atoms with van der Waals surface area (Å²) in [6.07, 6.45) is 14.9. The van der Waals surface area contributed by atoms with Crippen molar-refractivity contribution in [1.29, 1.82) is 0 Å². The quantitative estimate of drug-likeness (QED) is 0.527. The highest BCUT2D eigenvalue weighted by molar-refractivity contribution is 5.25. The first-order chi connectivity index (χ1) is 10.4. The monoisotopic (exact) mass is 293 g/mol. The van der Waals surface area contributed by atoms with Crippen molar-refractivity contribution in [1.82, 2.24) is 4.98 Å². The molecule has 0 aromatic carbocycles. The molecule has 0 radical (unpaired) electrons. The molecule has 0 unspecified atom stereocenters. The molecule has 21 heavy (non-hydrogen) atoms. The molecule has 0 saturated heterocycles. The highest BCUT2D eigenvalue weighted by Gasteiger charge is 2.02. The van der Waals surface area contributed by atoms with Crippen molar-refractivity contribution in [3.05, 3.63) is 24.0 Å². The van der Waals surface area contributed by atoms with Crippen LogP contribution in [0.3, 0.4) is 0 Å². The van der Waals surface area contributed by atoms with Gasteiger partial charge in [-0.25, -0.2) is 0 Å². The van der Waals surface area contributed by atoms with E-state index in [1.807, 2.05) is 12.1 Å². The lowest BCUT2D eigenvalue weighted by Crippen LogP contribution is -2.01. The van der Waals surface area contributed by atoms with Gasteiger partial charge in [0, 0.05) is 6.20 Å². The van der Waals surface area contributed by atoms with Gasteiger partial charge >= 0.3 is 0 Å². The Balaban J connectivity index is 1.93. The Bertz CT molecular complexity index is 355. The van der Waals surface area contributed by atoms with Crippen LogP contribution in [0.2, 0.25) is 0 Å². The fraction of sp³-hybridized carbons (Fsp3) is 0.722. The summed E-state index contributed by atoms with van der Waals surface area (Å²) >= 11 is 0. The van der Waals surface area contributed by atoms with Crippen molar-refractivity contribution in [2.75, 3.05) is 6.61 Å². The lowest BCUT2D eigenvalue weighted by Gasteiger charge is -2.08. The van der Waals surface area contributed by atoms with E-state index in [0.717, 1.165) is 18.8 Å². The smallest absolute Gasteiger partial charge is 0.143 e. The zero-order chi connectivity index (χ0) is 15.2. The number of ether oxygens (including phenoxy) is 1. The minimum Gasteiger partial charge on any atom is -0.492 e. The molecule has 1 heterocycles. The fourth-order valence-corrected chi connectivity index (χ4v) is 2.45. The van der Waals surface area contributed by atoms with Crippen LogP contribution in [-0.2, 0) is 6.61 Å². The first-order valence-corrected chi connectivity index (χ1v) is 8.56. The van der Waals surface area contributed by atoms with Crippen LogP contribution in [0, 0.1) is 0 Å². The summed E-state index contributed by atoms with van der Waals surface area (Å²) in [5.41, 5.74) is 0.629. The maximum atomic E-state index is 9.15. The number of hydrogen-bond donors (Lipinski definition) is 1. The third-order valence-corrected chi connectivity index (χ3v) is 3.75. The van der Waals surface area contributed by atoms with Gasteiger partial charge < -0.3 is 9.84 Å². The number of pyridine rings is 1. The predicted molar refractivity (Wildman–Crippen MR) is 87.5 cm³/mol. The second kappa shape index (κ2) is 12.6. The lowest BCUT2D eigenvalue weighted by molar-refractivity contribution is 0.254. The van der Waals surface area contributed by atoms with Gasteiger partial charge in [0.25, 0.3) is 0 Å². The van der Waals surface area contributed by atoms with E-state index < -0.39 is 0 Å². The molecule has 0 spiro atoms. The largest absolute Gasteiger partial charge is 0.492 e. The highest BCUT2D eigenvalue weighted by atomic mass is 16.5. The second-order valence-electron chi connectivity index (χ2n) is 5.64. The average Bonchev–Trinajstić information content (AvgIpc) is 2.53. The maximum Gasteiger partial charge on any atom is 0.143 e. The molecular formula is C18H31NO2. The van der Waals surface area contributed by atoms with Gasteiger partial charge in [-0.2, -0.15) is 0 Å². The summed E-state index contributed by atoms with van der Waals surface area (Å²) in [7, 11) is 0. The molecule has 0 aliphatic rings. The van der Waals surface area contributed by atoms with Crippen molar-refractivity contribution in [2.45, 2.75) is 77.7 Å². The van der Waals surface area contributed by atoms with Gasteiger partial charge in [0.2, 0.25) is 0 Å². The van der Waals surface area contributed by atoms with Crippen molar-refractivity contribution < 1.29 is 9.84 Å². The van der Waals surface area contributed by atoms with E-state index in [9.17, 15) is 0 Å². The Labute approximate surface area is 129 Å². The Hall–Kier alpha value is -1.09. The zero-order valence-corrected chi connectivity index (χ0v) is 13.5. The Morgan fingerprint density at radius 3 is 2.19 bits per heavy atom. The van der Waals surface area contributed by atoms with Crippen molar-refractivity contribution in [2.24, 2.45) is 0 Å². The maximum absolute atomic E-state index is 9.15. The van der Waals surface area contributed by atoms with Gasteiger partial charge in [0.1, 0.15) is 11.4 Å². The second-order valence-corrected chi connectivity index (χ2v) is 5.64. The minimum atomic E-state index is -0.0613. The molecule has 3 nitrogen and oxygen atoms in total. The molecule has 3 heteroatoms. The molecule has 0 bridgehead atoms. The third-order valence-electron chi connectivity index (χ3n) is 3.75. The van der Waals surface area contributed by atoms with E-state index >= 15 is 0 Å². The van der Waals surface area contributed by atoms with E-state index in [2.05, 4.69) is 11.9 Å².